The fourth-order valence-corrected chi connectivity index (χ4v) is 12.9. The number of carbonyl (C=O) groups is 3. The third-order valence-electron chi connectivity index (χ3n) is 9.51. The molecular formula is C33H30N4O6S3. The van der Waals surface area contributed by atoms with Crippen LogP contribution >= 0.6 is 0 Å². The lowest BCUT2D eigenvalue weighted by atomic mass is 9.72. The van der Waals surface area contributed by atoms with Crippen LogP contribution in [0.5, 0.6) is 0 Å². The number of aromatic nitrogens is 1. The molecule has 1 unspecified atom stereocenters. The van der Waals surface area contributed by atoms with Crippen LogP contribution in [0.15, 0.2) is 90.0 Å². The number of ether oxygens (including phenoxy) is 1. The second-order valence-corrected chi connectivity index (χ2v) is 17.7. The van der Waals surface area contributed by atoms with Gasteiger partial charge in [-0.25, -0.2) is 17.5 Å². The van der Waals surface area contributed by atoms with E-state index in [1.165, 1.54) is 30.8 Å². The molecule has 2 bridgehead atoms. The molecule has 10 nitrogen and oxygen atoms in total. The summed E-state index contributed by atoms with van der Waals surface area (Å²) in [5.41, 5.74) is 0.159. The summed E-state index contributed by atoms with van der Waals surface area (Å²) in [6.45, 7) is 5.35. The van der Waals surface area contributed by atoms with Crippen molar-refractivity contribution in [1.29, 1.82) is 0 Å². The monoisotopic (exact) mass is 674 g/mol. The number of piperazine rings is 1. The van der Waals surface area contributed by atoms with Crippen LogP contribution in [-0.4, -0.2) is 69.8 Å². The minimum absolute atomic E-state index is 0.0513. The maximum Gasteiger partial charge on any atom is 0.419 e. The van der Waals surface area contributed by atoms with Crippen molar-refractivity contribution in [2.75, 3.05) is 11.4 Å². The van der Waals surface area contributed by atoms with Crippen molar-refractivity contribution < 1.29 is 27.5 Å². The van der Waals surface area contributed by atoms with Gasteiger partial charge in [0, 0.05) is 25.1 Å². The number of amides is 2. The molecule has 236 valence electrons. The predicted molar refractivity (Wildman–Crippen MR) is 176 cm³/mol. The minimum atomic E-state index is -4.28. The first-order chi connectivity index (χ1) is 21.8. The lowest BCUT2D eigenvalue weighted by molar-refractivity contribution is -0.154. The van der Waals surface area contributed by atoms with Gasteiger partial charge in [-0.15, -0.1) is 0 Å². The Morgan fingerprint density at radius 1 is 0.957 bits per heavy atom. The minimum Gasteiger partial charge on any atom is -0.443 e. The number of fused-ring (bicyclic) bond motifs is 6. The SMILES string of the molecule is CN1C(=O)[C@@]23C[C@]4(c5cn(C(=O)OC(C)(C)C)c6ccccc56)c5ccccc5N(S(=O)(=O)c5ccccc5)[C@H]4N2C(=O)C1[S@]3=S. The van der Waals surface area contributed by atoms with E-state index in [2.05, 4.69) is 0 Å². The first-order valence-electron chi connectivity index (χ1n) is 14.8. The smallest absolute Gasteiger partial charge is 0.419 e. The summed E-state index contributed by atoms with van der Waals surface area (Å²) in [6.07, 6.45) is -0.0217. The van der Waals surface area contributed by atoms with Crippen molar-refractivity contribution in [2.24, 2.45) is 0 Å². The Labute approximate surface area is 273 Å². The van der Waals surface area contributed by atoms with Crippen molar-refractivity contribution in [3.05, 3.63) is 96.2 Å². The molecule has 5 atom stereocenters. The first-order valence-corrected chi connectivity index (χ1v) is 18.5. The van der Waals surface area contributed by atoms with Crippen LogP contribution < -0.4 is 4.31 Å². The van der Waals surface area contributed by atoms with Gasteiger partial charge in [-0.2, -0.15) is 0 Å². The second-order valence-electron chi connectivity index (χ2n) is 13.1. The van der Waals surface area contributed by atoms with E-state index in [9.17, 15) is 22.8 Å². The molecule has 5 heterocycles. The maximum atomic E-state index is 14.8. The van der Waals surface area contributed by atoms with Gasteiger partial charge in [-0.1, -0.05) is 64.1 Å². The molecule has 4 aromatic rings. The second kappa shape index (κ2) is 9.26. The summed E-state index contributed by atoms with van der Waals surface area (Å²) in [5.74, 6) is -0.668. The van der Waals surface area contributed by atoms with E-state index in [1.54, 1.807) is 70.4 Å². The summed E-state index contributed by atoms with van der Waals surface area (Å²) >= 11 is 6.03. The summed E-state index contributed by atoms with van der Waals surface area (Å²) in [5, 5.41) is -0.176. The van der Waals surface area contributed by atoms with Gasteiger partial charge in [-0.05, 0) is 67.4 Å². The van der Waals surface area contributed by atoms with E-state index in [0.29, 0.717) is 27.7 Å². The van der Waals surface area contributed by atoms with Crippen LogP contribution in [0.4, 0.5) is 10.5 Å². The highest BCUT2D eigenvalue weighted by Crippen LogP contribution is 2.67. The molecular weight excluding hydrogens is 645 g/mol. The Bertz CT molecular complexity index is 2160. The number of hydrogen-bond donors (Lipinski definition) is 0. The van der Waals surface area contributed by atoms with Crippen LogP contribution in [0.3, 0.4) is 0 Å². The van der Waals surface area contributed by atoms with Gasteiger partial charge < -0.3 is 9.64 Å². The highest BCUT2D eigenvalue weighted by atomic mass is 32.8. The number of hydrogen-bond acceptors (Lipinski definition) is 7. The van der Waals surface area contributed by atoms with E-state index in [-0.39, 0.29) is 23.1 Å². The predicted octanol–water partition coefficient (Wildman–Crippen LogP) is 4.07. The Morgan fingerprint density at radius 3 is 2.33 bits per heavy atom. The van der Waals surface area contributed by atoms with Crippen LogP contribution in [0.25, 0.3) is 10.9 Å². The highest BCUT2D eigenvalue weighted by molar-refractivity contribution is 8.31. The van der Waals surface area contributed by atoms with Crippen molar-refractivity contribution in [2.45, 2.75) is 59.5 Å². The molecule has 3 aromatic carbocycles. The number of nitrogens with zero attached hydrogens (tertiary/aromatic N) is 4. The third kappa shape index (κ3) is 3.42. The quantitative estimate of drug-likeness (QED) is 0.323. The van der Waals surface area contributed by atoms with Crippen molar-refractivity contribution in [3.63, 3.8) is 0 Å². The zero-order valence-electron chi connectivity index (χ0n) is 25.4. The van der Waals surface area contributed by atoms with E-state index in [0.717, 1.165) is 0 Å². The molecule has 8 rings (SSSR count). The van der Waals surface area contributed by atoms with Gasteiger partial charge in [-0.3, -0.25) is 19.1 Å². The zero-order chi connectivity index (χ0) is 32.6. The normalized spacial score (nSPS) is 28.2. The van der Waals surface area contributed by atoms with E-state index >= 15 is 0 Å². The molecule has 1 spiro atoms. The van der Waals surface area contributed by atoms with Gasteiger partial charge in [0.05, 0.1) is 21.5 Å². The number of carbonyl (C=O) groups excluding carboxylic acids is 3. The standard InChI is InChI=1S/C33H30N4O6S3/c1-31(2,3)43-30(40)35-18-23(21-14-8-10-16-24(21)35)32-19-33-29(39)34(4)27(45(33)44)26(38)36(33)28(32)37(25-17-11-9-15-22(25)32)46(41,42)20-12-6-5-7-13-20/h5-18,27-28H,19H2,1-4H3/t27?,28-,32-,33+,45-/m1/s1. The number of sulfonamides is 1. The maximum absolute atomic E-state index is 14.8. The molecule has 4 aliphatic heterocycles. The average Bonchev–Trinajstić information content (AvgIpc) is 3.73. The fraction of sp³-hybridized carbons (Fsp3) is 0.303. The summed E-state index contributed by atoms with van der Waals surface area (Å²) in [4.78, 5) is 43.8. The molecule has 2 amide bonds. The summed E-state index contributed by atoms with van der Waals surface area (Å²) < 4.78 is 38.1. The van der Waals surface area contributed by atoms with Gasteiger partial charge >= 0.3 is 6.09 Å². The molecule has 46 heavy (non-hydrogen) atoms. The molecule has 3 fully saturated rings. The zero-order valence-corrected chi connectivity index (χ0v) is 27.9. The molecule has 13 heteroatoms. The lowest BCUT2D eigenvalue weighted by Crippen LogP contribution is -2.63. The first kappa shape index (κ1) is 29.3. The summed E-state index contributed by atoms with van der Waals surface area (Å²) in [6, 6.07) is 22.6. The summed E-state index contributed by atoms with van der Waals surface area (Å²) in [7, 11) is -3.87. The van der Waals surface area contributed by atoms with Crippen LogP contribution in [0.2, 0.25) is 0 Å². The molecule has 0 aliphatic carbocycles. The van der Waals surface area contributed by atoms with Gasteiger partial charge in [0.1, 0.15) is 11.8 Å². The molecule has 3 saturated heterocycles. The van der Waals surface area contributed by atoms with Crippen LogP contribution in [-0.2, 0) is 50.4 Å². The Hall–Kier alpha value is -4.07. The van der Waals surface area contributed by atoms with E-state index < -0.39 is 53.0 Å². The Balaban J connectivity index is 1.47. The molecule has 0 radical (unpaired) electrons. The van der Waals surface area contributed by atoms with Gasteiger partial charge in [0.2, 0.25) is 0 Å². The highest BCUT2D eigenvalue weighted by Gasteiger charge is 2.81. The molecule has 0 saturated carbocycles. The number of benzene rings is 3. The van der Waals surface area contributed by atoms with Crippen LogP contribution in [0, 0.1) is 0 Å². The Morgan fingerprint density at radius 2 is 1.61 bits per heavy atom. The topological polar surface area (TPSA) is 109 Å². The van der Waals surface area contributed by atoms with Crippen molar-refractivity contribution >= 4 is 65.2 Å². The number of anilines is 1. The average molecular weight is 675 g/mol. The van der Waals surface area contributed by atoms with Crippen molar-refractivity contribution in [1.82, 2.24) is 14.4 Å². The number of likely N-dealkylation sites (N-methyl/N-ethyl adjacent to an activating group) is 1. The number of para-hydroxylation sites is 2. The largest absolute Gasteiger partial charge is 0.443 e. The van der Waals surface area contributed by atoms with E-state index in [1.807, 2.05) is 30.3 Å². The molecule has 4 aliphatic rings. The van der Waals surface area contributed by atoms with E-state index in [4.69, 9.17) is 15.9 Å². The third-order valence-corrected chi connectivity index (χ3v) is 14.8. The lowest BCUT2D eigenvalue weighted by Gasteiger charge is -2.40. The van der Waals surface area contributed by atoms with Crippen LogP contribution in [0.1, 0.15) is 38.3 Å². The molecule has 1 aromatic heterocycles. The number of rotatable bonds is 3. The van der Waals surface area contributed by atoms with Gasteiger partial charge in [0.25, 0.3) is 21.8 Å². The van der Waals surface area contributed by atoms with Crippen molar-refractivity contribution in [3.8, 4) is 0 Å². The molecule has 0 N–H and O–H groups in total. The van der Waals surface area contributed by atoms with Gasteiger partial charge in [0.15, 0.2) is 10.2 Å². The fourth-order valence-electron chi connectivity index (χ4n) is 7.85. The Kier molecular flexibility index (Phi) is 5.91.